The Balaban J connectivity index is 1.61. The second kappa shape index (κ2) is 9.17. The number of methoxy groups -OCH3 is 1. The fourth-order valence-corrected chi connectivity index (χ4v) is 4.33. The lowest BCUT2D eigenvalue weighted by Gasteiger charge is -2.14. The Kier molecular flexibility index (Phi) is 6.14. The molecule has 1 amide bonds. The first kappa shape index (κ1) is 22.1. The number of nitrogens with zero attached hydrogens (tertiary/aromatic N) is 1. The van der Waals surface area contributed by atoms with Crippen molar-refractivity contribution in [2.45, 2.75) is 11.8 Å². The zero-order valence-electron chi connectivity index (χ0n) is 17.9. The SMILES string of the molecule is COc1ccc(S(=O)(=O)Nc2ccccc2NC(=O)c2c(C)noc2-c2ccccc2)cc1. The standard InChI is InChI=1S/C24H21N3O5S/c1-16-22(23(32-26-16)17-8-4-3-5-9-17)24(28)25-20-10-6-7-11-21(20)27-33(29,30)19-14-12-18(31-2)13-15-19/h3-15,27H,1-2H3,(H,25,28). The Hall–Kier alpha value is -4.11. The first-order valence-electron chi connectivity index (χ1n) is 9.98. The molecular weight excluding hydrogens is 442 g/mol. The number of para-hydroxylation sites is 2. The second-order valence-corrected chi connectivity index (χ2v) is 8.80. The van der Waals surface area contributed by atoms with Crippen molar-refractivity contribution in [3.63, 3.8) is 0 Å². The second-order valence-electron chi connectivity index (χ2n) is 7.12. The molecule has 0 aliphatic carbocycles. The molecule has 0 bridgehead atoms. The van der Waals surface area contributed by atoms with Crippen molar-refractivity contribution in [2.24, 2.45) is 0 Å². The van der Waals surface area contributed by atoms with E-state index < -0.39 is 15.9 Å². The summed E-state index contributed by atoms with van der Waals surface area (Å²) in [5, 5.41) is 6.70. The third kappa shape index (κ3) is 4.73. The molecule has 0 aliphatic rings. The predicted octanol–water partition coefficient (Wildman–Crippen LogP) is 4.71. The molecule has 0 radical (unpaired) electrons. The summed E-state index contributed by atoms with van der Waals surface area (Å²) in [6, 6.07) is 21.7. The van der Waals surface area contributed by atoms with Crippen molar-refractivity contribution in [3.8, 4) is 17.1 Å². The topological polar surface area (TPSA) is 111 Å². The van der Waals surface area contributed by atoms with E-state index >= 15 is 0 Å². The van der Waals surface area contributed by atoms with E-state index in [1.165, 1.54) is 19.2 Å². The van der Waals surface area contributed by atoms with E-state index in [4.69, 9.17) is 9.26 Å². The van der Waals surface area contributed by atoms with E-state index in [9.17, 15) is 13.2 Å². The summed E-state index contributed by atoms with van der Waals surface area (Å²) in [5.74, 6) is 0.408. The number of aromatic nitrogens is 1. The minimum atomic E-state index is -3.90. The fourth-order valence-electron chi connectivity index (χ4n) is 3.25. The number of carbonyl (C=O) groups is 1. The maximum Gasteiger partial charge on any atom is 0.261 e. The van der Waals surface area contributed by atoms with Gasteiger partial charge < -0.3 is 14.6 Å². The fraction of sp³-hybridized carbons (Fsp3) is 0.0833. The van der Waals surface area contributed by atoms with Gasteiger partial charge in [-0.15, -0.1) is 0 Å². The maximum absolute atomic E-state index is 13.1. The molecule has 0 aliphatic heterocycles. The summed E-state index contributed by atoms with van der Waals surface area (Å²) in [6.07, 6.45) is 0. The van der Waals surface area contributed by atoms with Gasteiger partial charge in [-0.05, 0) is 43.3 Å². The lowest BCUT2D eigenvalue weighted by molar-refractivity contribution is 0.102. The van der Waals surface area contributed by atoms with Gasteiger partial charge in [0.2, 0.25) is 0 Å². The van der Waals surface area contributed by atoms with E-state index in [-0.39, 0.29) is 16.1 Å². The number of sulfonamides is 1. The van der Waals surface area contributed by atoms with Crippen molar-refractivity contribution in [1.29, 1.82) is 0 Å². The Morgan fingerprint density at radius 2 is 1.55 bits per heavy atom. The van der Waals surface area contributed by atoms with Gasteiger partial charge in [0.1, 0.15) is 11.3 Å². The molecular formula is C24H21N3O5S. The first-order chi connectivity index (χ1) is 15.9. The van der Waals surface area contributed by atoms with Crippen molar-refractivity contribution in [1.82, 2.24) is 5.16 Å². The largest absolute Gasteiger partial charge is 0.497 e. The highest BCUT2D eigenvalue weighted by atomic mass is 32.2. The van der Waals surface area contributed by atoms with Gasteiger partial charge in [-0.3, -0.25) is 9.52 Å². The Morgan fingerprint density at radius 1 is 0.909 bits per heavy atom. The van der Waals surface area contributed by atoms with Gasteiger partial charge in [0.05, 0.1) is 29.1 Å². The maximum atomic E-state index is 13.1. The summed E-state index contributed by atoms with van der Waals surface area (Å²) in [5.41, 5.74) is 1.91. The van der Waals surface area contributed by atoms with Gasteiger partial charge in [-0.1, -0.05) is 47.6 Å². The summed E-state index contributed by atoms with van der Waals surface area (Å²) in [7, 11) is -2.40. The van der Waals surface area contributed by atoms with Crippen LogP contribution in [0.1, 0.15) is 16.1 Å². The molecule has 0 unspecified atom stereocenters. The van der Waals surface area contributed by atoms with E-state index in [1.54, 1.807) is 43.3 Å². The zero-order chi connectivity index (χ0) is 23.4. The van der Waals surface area contributed by atoms with Gasteiger partial charge in [0, 0.05) is 5.56 Å². The number of anilines is 2. The number of nitrogens with one attached hydrogen (secondary N) is 2. The smallest absolute Gasteiger partial charge is 0.261 e. The average molecular weight is 464 g/mol. The molecule has 2 N–H and O–H groups in total. The van der Waals surface area contributed by atoms with Gasteiger partial charge >= 0.3 is 0 Å². The first-order valence-corrected chi connectivity index (χ1v) is 11.5. The van der Waals surface area contributed by atoms with Crippen LogP contribution in [0.4, 0.5) is 11.4 Å². The van der Waals surface area contributed by atoms with Crippen molar-refractivity contribution in [3.05, 3.63) is 90.1 Å². The molecule has 1 aromatic heterocycles. The quantitative estimate of drug-likeness (QED) is 0.411. The number of carbonyl (C=O) groups excluding carboxylic acids is 1. The van der Waals surface area contributed by atoms with Crippen LogP contribution < -0.4 is 14.8 Å². The minimum Gasteiger partial charge on any atom is -0.497 e. The van der Waals surface area contributed by atoms with Crippen LogP contribution in [0.15, 0.2) is 88.3 Å². The van der Waals surface area contributed by atoms with Crippen molar-refractivity contribution < 1.29 is 22.5 Å². The summed E-state index contributed by atoms with van der Waals surface area (Å²) >= 11 is 0. The number of aryl methyl sites for hydroxylation is 1. The van der Waals surface area contributed by atoms with Crippen molar-refractivity contribution >= 4 is 27.3 Å². The average Bonchev–Trinajstić information content (AvgIpc) is 3.22. The Bertz CT molecular complexity index is 1380. The monoisotopic (exact) mass is 463 g/mol. The molecule has 4 aromatic rings. The van der Waals surface area contributed by atoms with Crippen LogP contribution in [0.5, 0.6) is 5.75 Å². The number of amides is 1. The van der Waals surface area contributed by atoms with E-state index in [0.717, 1.165) is 0 Å². The minimum absolute atomic E-state index is 0.0608. The molecule has 33 heavy (non-hydrogen) atoms. The molecule has 8 nitrogen and oxygen atoms in total. The van der Waals surface area contributed by atoms with Gasteiger partial charge in [-0.2, -0.15) is 0 Å². The van der Waals surface area contributed by atoms with Gasteiger partial charge in [0.15, 0.2) is 5.76 Å². The number of benzene rings is 3. The predicted molar refractivity (Wildman–Crippen MR) is 125 cm³/mol. The van der Waals surface area contributed by atoms with Crippen LogP contribution in [0.2, 0.25) is 0 Å². The summed E-state index contributed by atoms with van der Waals surface area (Å²) < 4.78 is 38.7. The van der Waals surface area contributed by atoms with E-state index in [1.807, 2.05) is 30.3 Å². The highest BCUT2D eigenvalue weighted by Crippen LogP contribution is 2.29. The molecule has 0 saturated heterocycles. The zero-order valence-corrected chi connectivity index (χ0v) is 18.7. The van der Waals surface area contributed by atoms with Gasteiger partial charge in [-0.25, -0.2) is 8.42 Å². The highest BCUT2D eigenvalue weighted by molar-refractivity contribution is 7.92. The molecule has 3 aromatic carbocycles. The lowest BCUT2D eigenvalue weighted by atomic mass is 10.1. The molecule has 0 atom stereocenters. The lowest BCUT2D eigenvalue weighted by Crippen LogP contribution is -2.18. The normalized spacial score (nSPS) is 11.1. The Labute approximate surface area is 191 Å². The molecule has 0 saturated carbocycles. The highest BCUT2D eigenvalue weighted by Gasteiger charge is 2.23. The molecule has 168 valence electrons. The Morgan fingerprint density at radius 3 is 2.21 bits per heavy atom. The number of hydrogen-bond donors (Lipinski definition) is 2. The van der Waals surface area contributed by atoms with Crippen LogP contribution in [0.25, 0.3) is 11.3 Å². The third-order valence-corrected chi connectivity index (χ3v) is 6.30. The molecule has 1 heterocycles. The molecule has 9 heteroatoms. The molecule has 0 spiro atoms. The summed E-state index contributed by atoms with van der Waals surface area (Å²) in [4.78, 5) is 13.2. The van der Waals surface area contributed by atoms with Crippen LogP contribution in [-0.4, -0.2) is 26.6 Å². The summed E-state index contributed by atoms with van der Waals surface area (Å²) in [6.45, 7) is 1.67. The van der Waals surface area contributed by atoms with E-state index in [2.05, 4.69) is 15.2 Å². The number of rotatable bonds is 7. The molecule has 4 rings (SSSR count). The van der Waals surface area contributed by atoms with E-state index in [0.29, 0.717) is 28.5 Å². The number of ether oxygens (including phenoxy) is 1. The van der Waals surface area contributed by atoms with Crippen LogP contribution in [-0.2, 0) is 10.0 Å². The van der Waals surface area contributed by atoms with Crippen LogP contribution in [0.3, 0.4) is 0 Å². The molecule has 0 fully saturated rings. The third-order valence-electron chi connectivity index (χ3n) is 4.92. The van der Waals surface area contributed by atoms with Crippen molar-refractivity contribution in [2.75, 3.05) is 17.1 Å². The van der Waals surface area contributed by atoms with Crippen LogP contribution in [0, 0.1) is 6.92 Å². The number of hydrogen-bond acceptors (Lipinski definition) is 6. The van der Waals surface area contributed by atoms with Gasteiger partial charge in [0.25, 0.3) is 15.9 Å². The van der Waals surface area contributed by atoms with Crippen LogP contribution >= 0.6 is 0 Å².